The van der Waals surface area contributed by atoms with Gasteiger partial charge < -0.3 is 9.15 Å². The van der Waals surface area contributed by atoms with Crippen molar-refractivity contribution < 1.29 is 13.9 Å². The maximum absolute atomic E-state index is 13.6. The molecule has 2 aromatic heterocycles. The molecule has 1 aliphatic rings. The fourth-order valence-electron chi connectivity index (χ4n) is 4.24. The van der Waals surface area contributed by atoms with Gasteiger partial charge in [0.2, 0.25) is 5.76 Å². The lowest BCUT2D eigenvalue weighted by molar-refractivity contribution is 0.0970. The number of aryl methyl sites for hydroxylation is 1. The number of carbonyl (C=O) groups excluding carboxylic acids is 1. The van der Waals surface area contributed by atoms with E-state index in [9.17, 15) is 9.59 Å². The number of aromatic nitrogens is 1. The molecule has 0 saturated heterocycles. The van der Waals surface area contributed by atoms with Gasteiger partial charge in [-0.15, -0.1) is 0 Å². The van der Waals surface area contributed by atoms with Gasteiger partial charge in [0.25, 0.3) is 5.91 Å². The third-order valence-corrected chi connectivity index (χ3v) is 5.84. The fourth-order valence-corrected chi connectivity index (χ4v) is 4.24. The SMILES string of the molecule is CCCCOc1cccc(C2c3c(oc4ccccc4c3=O)C(=O)N2c2cccc(C)n2)c1. The molecule has 0 radical (unpaired) electrons. The number of rotatable bonds is 6. The summed E-state index contributed by atoms with van der Waals surface area (Å²) in [6.45, 7) is 4.58. The Kier molecular flexibility index (Phi) is 5.42. The highest BCUT2D eigenvalue weighted by Gasteiger charge is 2.44. The van der Waals surface area contributed by atoms with Crippen molar-refractivity contribution in [2.75, 3.05) is 11.5 Å². The van der Waals surface area contributed by atoms with Gasteiger partial charge in [-0.25, -0.2) is 4.98 Å². The van der Waals surface area contributed by atoms with Gasteiger partial charge in [-0.1, -0.05) is 43.7 Å². The van der Waals surface area contributed by atoms with Crippen LogP contribution in [0.5, 0.6) is 5.75 Å². The molecule has 2 aromatic carbocycles. The van der Waals surface area contributed by atoms with Gasteiger partial charge in [0, 0.05) is 5.69 Å². The van der Waals surface area contributed by atoms with Gasteiger partial charge in [-0.3, -0.25) is 14.5 Å². The summed E-state index contributed by atoms with van der Waals surface area (Å²) < 4.78 is 11.9. The molecule has 0 bridgehead atoms. The summed E-state index contributed by atoms with van der Waals surface area (Å²) in [4.78, 5) is 33.3. The Morgan fingerprint density at radius 2 is 1.85 bits per heavy atom. The van der Waals surface area contributed by atoms with Crippen molar-refractivity contribution in [1.29, 1.82) is 0 Å². The zero-order valence-electron chi connectivity index (χ0n) is 18.6. The topological polar surface area (TPSA) is 72.6 Å². The number of hydrogen-bond acceptors (Lipinski definition) is 5. The van der Waals surface area contributed by atoms with Crippen LogP contribution in [0.25, 0.3) is 11.0 Å². The molecule has 5 rings (SSSR count). The van der Waals surface area contributed by atoms with Crippen LogP contribution >= 0.6 is 0 Å². The number of pyridine rings is 1. The maximum Gasteiger partial charge on any atom is 0.296 e. The van der Waals surface area contributed by atoms with Crippen LogP contribution in [0.3, 0.4) is 0 Å². The fraction of sp³-hybridized carbons (Fsp3) is 0.222. The van der Waals surface area contributed by atoms with Gasteiger partial charge in [0.1, 0.15) is 17.2 Å². The number of ether oxygens (including phenoxy) is 1. The Hall–Kier alpha value is -3.93. The van der Waals surface area contributed by atoms with E-state index >= 15 is 0 Å². The quantitative estimate of drug-likeness (QED) is 0.374. The number of carbonyl (C=O) groups is 1. The van der Waals surface area contributed by atoms with Crippen molar-refractivity contribution in [2.45, 2.75) is 32.7 Å². The van der Waals surface area contributed by atoms with Crippen molar-refractivity contribution in [2.24, 2.45) is 0 Å². The van der Waals surface area contributed by atoms with E-state index in [4.69, 9.17) is 9.15 Å². The van der Waals surface area contributed by atoms with E-state index in [1.165, 1.54) is 0 Å². The van der Waals surface area contributed by atoms with Crippen molar-refractivity contribution >= 4 is 22.7 Å². The molecule has 0 spiro atoms. The first-order valence-electron chi connectivity index (χ1n) is 11.1. The minimum Gasteiger partial charge on any atom is -0.494 e. The first-order chi connectivity index (χ1) is 16.1. The van der Waals surface area contributed by atoms with E-state index in [1.54, 1.807) is 35.2 Å². The van der Waals surface area contributed by atoms with Gasteiger partial charge in [-0.2, -0.15) is 0 Å². The summed E-state index contributed by atoms with van der Waals surface area (Å²) >= 11 is 0. The lowest BCUT2D eigenvalue weighted by atomic mass is 9.98. The van der Waals surface area contributed by atoms with E-state index in [2.05, 4.69) is 11.9 Å². The average molecular weight is 440 g/mol. The van der Waals surface area contributed by atoms with Crippen molar-refractivity contribution in [3.8, 4) is 5.75 Å². The predicted octanol–water partition coefficient (Wildman–Crippen LogP) is 5.43. The highest BCUT2D eigenvalue weighted by atomic mass is 16.5. The Bertz CT molecular complexity index is 1410. The van der Waals surface area contributed by atoms with Crippen molar-refractivity contribution in [3.05, 3.63) is 99.5 Å². The Morgan fingerprint density at radius 3 is 2.67 bits per heavy atom. The molecule has 1 aliphatic heterocycles. The number of unbranched alkanes of at least 4 members (excludes halogenated alkanes) is 1. The number of hydrogen-bond donors (Lipinski definition) is 0. The van der Waals surface area contributed by atoms with Gasteiger partial charge in [0.05, 0.1) is 23.6 Å². The van der Waals surface area contributed by atoms with Crippen LogP contribution in [0.1, 0.15) is 53.2 Å². The molecule has 1 unspecified atom stereocenters. The summed E-state index contributed by atoms with van der Waals surface area (Å²) in [5, 5.41) is 0.448. The number of benzene rings is 2. The second-order valence-corrected chi connectivity index (χ2v) is 8.16. The van der Waals surface area contributed by atoms with E-state index in [0.29, 0.717) is 34.7 Å². The van der Waals surface area contributed by atoms with Crippen LogP contribution in [-0.2, 0) is 0 Å². The summed E-state index contributed by atoms with van der Waals surface area (Å²) in [7, 11) is 0. The second-order valence-electron chi connectivity index (χ2n) is 8.16. The number of nitrogens with zero attached hydrogens (tertiary/aromatic N) is 2. The minimum atomic E-state index is -0.669. The zero-order valence-corrected chi connectivity index (χ0v) is 18.6. The van der Waals surface area contributed by atoms with E-state index in [1.807, 2.05) is 43.3 Å². The summed E-state index contributed by atoms with van der Waals surface area (Å²) in [5.74, 6) is 0.846. The first kappa shape index (κ1) is 20.9. The zero-order chi connectivity index (χ0) is 22.9. The van der Waals surface area contributed by atoms with E-state index < -0.39 is 6.04 Å². The standard InChI is InChI=1S/C27H24N2O4/c1-3-4-15-32-19-11-8-10-18(16-19)24-23-25(30)20-12-5-6-13-21(20)33-26(23)27(31)29(24)22-14-7-9-17(2)28-22/h5-14,16,24H,3-4,15H2,1-2H3. The first-order valence-corrected chi connectivity index (χ1v) is 11.1. The number of amides is 1. The van der Waals surface area contributed by atoms with Gasteiger partial charge in [0.15, 0.2) is 5.43 Å². The third-order valence-electron chi connectivity index (χ3n) is 5.84. The highest BCUT2D eigenvalue weighted by Crippen LogP contribution is 2.41. The number of fused-ring (bicyclic) bond motifs is 2. The molecule has 33 heavy (non-hydrogen) atoms. The van der Waals surface area contributed by atoms with Crippen LogP contribution in [0.4, 0.5) is 5.82 Å². The molecule has 0 N–H and O–H groups in total. The number of anilines is 1. The summed E-state index contributed by atoms with van der Waals surface area (Å²) in [5.41, 5.74) is 2.05. The molecule has 4 aromatic rings. The molecule has 0 aliphatic carbocycles. The normalized spacial score (nSPS) is 15.2. The Labute approximate surface area is 191 Å². The summed E-state index contributed by atoms with van der Waals surface area (Å²) in [6.07, 6.45) is 1.98. The molecule has 3 heterocycles. The van der Waals surface area contributed by atoms with Crippen molar-refractivity contribution in [1.82, 2.24) is 4.98 Å². The maximum atomic E-state index is 13.6. The molecule has 0 fully saturated rings. The van der Waals surface area contributed by atoms with Crippen LogP contribution in [0, 0.1) is 6.92 Å². The van der Waals surface area contributed by atoms with Crippen LogP contribution in [0.2, 0.25) is 0 Å². The van der Waals surface area contributed by atoms with Crippen molar-refractivity contribution in [3.63, 3.8) is 0 Å². The number of para-hydroxylation sites is 1. The van der Waals surface area contributed by atoms with E-state index in [0.717, 1.165) is 24.1 Å². The Morgan fingerprint density at radius 1 is 1.03 bits per heavy atom. The molecule has 1 atom stereocenters. The highest BCUT2D eigenvalue weighted by molar-refractivity contribution is 6.10. The molecule has 0 saturated carbocycles. The molecule has 166 valence electrons. The molecular weight excluding hydrogens is 416 g/mol. The second kappa shape index (κ2) is 8.54. The molecule has 6 nitrogen and oxygen atoms in total. The monoisotopic (exact) mass is 440 g/mol. The molecular formula is C27H24N2O4. The van der Waals surface area contributed by atoms with Gasteiger partial charge in [-0.05, 0) is 55.3 Å². The summed E-state index contributed by atoms with van der Waals surface area (Å²) in [6, 6.07) is 19.4. The smallest absolute Gasteiger partial charge is 0.296 e. The third kappa shape index (κ3) is 3.67. The molecule has 1 amide bonds. The predicted molar refractivity (Wildman–Crippen MR) is 127 cm³/mol. The lowest BCUT2D eigenvalue weighted by Crippen LogP contribution is -2.30. The van der Waals surface area contributed by atoms with Crippen LogP contribution in [0.15, 0.2) is 75.9 Å². The van der Waals surface area contributed by atoms with Crippen LogP contribution in [-0.4, -0.2) is 17.5 Å². The Balaban J connectivity index is 1.71. The van der Waals surface area contributed by atoms with E-state index in [-0.39, 0.29) is 17.1 Å². The average Bonchev–Trinajstić information content (AvgIpc) is 3.12. The molecule has 6 heteroatoms. The van der Waals surface area contributed by atoms with Crippen LogP contribution < -0.4 is 15.1 Å². The largest absolute Gasteiger partial charge is 0.494 e. The van der Waals surface area contributed by atoms with Gasteiger partial charge >= 0.3 is 0 Å². The minimum absolute atomic E-state index is 0.0595. The lowest BCUT2D eigenvalue weighted by Gasteiger charge is -2.24.